The Morgan fingerprint density at radius 1 is 0.947 bits per heavy atom. The van der Waals surface area contributed by atoms with Gasteiger partial charge in [-0.3, -0.25) is 10.4 Å². The number of guanidine groups is 1. The fraction of sp³-hybridized carbons (Fsp3) is 0. The van der Waals surface area contributed by atoms with Crippen LogP contribution < -0.4 is 11.5 Å². The van der Waals surface area contributed by atoms with Crippen LogP contribution in [0.4, 0.5) is 0 Å². The molecule has 98 valence electrons. The van der Waals surface area contributed by atoms with Gasteiger partial charge in [0.05, 0.1) is 5.52 Å². The second-order valence-electron chi connectivity index (χ2n) is 3.54. The molecule has 0 fully saturated rings. The number of H-pyrrole nitrogens is 1. The summed E-state index contributed by atoms with van der Waals surface area (Å²) in [4.78, 5) is 7.04. The maximum Gasteiger partial charge on any atom is 0.183 e. The van der Waals surface area contributed by atoms with Crippen molar-refractivity contribution in [3.05, 3.63) is 67.1 Å². The molecule has 2 heterocycles. The fourth-order valence-corrected chi connectivity index (χ4v) is 1.29. The van der Waals surface area contributed by atoms with E-state index in [1.165, 1.54) is 5.39 Å². The van der Waals surface area contributed by atoms with Crippen LogP contribution in [-0.4, -0.2) is 15.9 Å². The van der Waals surface area contributed by atoms with Crippen molar-refractivity contribution >= 4 is 16.9 Å². The standard InChI is InChI=1S/C9H7N.C4H5N.CH5N3/c1-2-6-9-8(4-1)5-3-7-10-9;1-2-4-5-3-1;2-1(3)4/h1-7H;1-5H;(H5,2,3,4). The first-order valence-corrected chi connectivity index (χ1v) is 5.67. The molecule has 0 aliphatic carbocycles. The first-order valence-electron chi connectivity index (χ1n) is 5.67. The summed E-state index contributed by atoms with van der Waals surface area (Å²) in [6.07, 6.45) is 5.56. The highest BCUT2D eigenvalue weighted by molar-refractivity contribution is 5.77. The van der Waals surface area contributed by atoms with E-state index in [1.807, 2.05) is 55.0 Å². The number of nitrogens with zero attached hydrogens (tertiary/aromatic N) is 1. The molecule has 19 heavy (non-hydrogen) atoms. The summed E-state index contributed by atoms with van der Waals surface area (Å²) in [6.45, 7) is 0. The minimum absolute atomic E-state index is 0.333. The summed E-state index contributed by atoms with van der Waals surface area (Å²) in [5, 5.41) is 7.25. The highest BCUT2D eigenvalue weighted by Gasteiger charge is 1.86. The molecular weight excluding hydrogens is 238 g/mol. The van der Waals surface area contributed by atoms with E-state index in [-0.39, 0.29) is 5.96 Å². The predicted octanol–water partition coefficient (Wildman–Crippen LogP) is 2.09. The molecule has 0 aliphatic heterocycles. The van der Waals surface area contributed by atoms with E-state index in [9.17, 15) is 0 Å². The van der Waals surface area contributed by atoms with Crippen LogP contribution >= 0.6 is 0 Å². The van der Waals surface area contributed by atoms with E-state index >= 15 is 0 Å². The fourth-order valence-electron chi connectivity index (χ4n) is 1.29. The Labute approximate surface area is 111 Å². The van der Waals surface area contributed by atoms with Crippen LogP contribution in [0.25, 0.3) is 10.9 Å². The zero-order valence-corrected chi connectivity index (χ0v) is 10.5. The lowest BCUT2D eigenvalue weighted by Crippen LogP contribution is -2.20. The van der Waals surface area contributed by atoms with Crippen molar-refractivity contribution in [2.45, 2.75) is 0 Å². The Kier molecular flexibility index (Phi) is 6.22. The highest BCUT2D eigenvalue weighted by atomic mass is 14.9. The van der Waals surface area contributed by atoms with Gasteiger partial charge in [-0.1, -0.05) is 24.3 Å². The Hall–Kier alpha value is -2.82. The van der Waals surface area contributed by atoms with E-state index in [0.717, 1.165) is 5.52 Å². The van der Waals surface area contributed by atoms with Gasteiger partial charge in [-0.15, -0.1) is 0 Å². The van der Waals surface area contributed by atoms with Crippen LogP contribution in [0.1, 0.15) is 0 Å². The zero-order valence-electron chi connectivity index (χ0n) is 10.5. The molecule has 0 saturated heterocycles. The summed E-state index contributed by atoms with van der Waals surface area (Å²) >= 11 is 0. The number of hydrogen-bond donors (Lipinski definition) is 4. The minimum Gasteiger partial charge on any atom is -0.370 e. The lowest BCUT2D eigenvalue weighted by atomic mass is 10.2. The SMILES string of the molecule is N=C(N)N.c1cc[nH]c1.c1ccc2ncccc2c1. The highest BCUT2D eigenvalue weighted by Crippen LogP contribution is 2.07. The van der Waals surface area contributed by atoms with Gasteiger partial charge in [0.15, 0.2) is 5.96 Å². The number of hydrogen-bond acceptors (Lipinski definition) is 2. The van der Waals surface area contributed by atoms with Crippen LogP contribution in [0.2, 0.25) is 0 Å². The smallest absolute Gasteiger partial charge is 0.183 e. The lowest BCUT2D eigenvalue weighted by Gasteiger charge is -1.91. The number of benzene rings is 1. The van der Waals surface area contributed by atoms with Crippen LogP contribution in [0.15, 0.2) is 67.1 Å². The van der Waals surface area contributed by atoms with Crippen molar-refractivity contribution in [3.63, 3.8) is 0 Å². The monoisotopic (exact) mass is 255 g/mol. The van der Waals surface area contributed by atoms with Crippen molar-refractivity contribution < 1.29 is 0 Å². The van der Waals surface area contributed by atoms with E-state index in [2.05, 4.69) is 33.6 Å². The van der Waals surface area contributed by atoms with E-state index in [0.29, 0.717) is 0 Å². The Balaban J connectivity index is 0.000000169. The number of fused-ring (bicyclic) bond motifs is 1. The van der Waals surface area contributed by atoms with E-state index < -0.39 is 0 Å². The summed E-state index contributed by atoms with van der Waals surface area (Å²) in [6, 6.07) is 16.0. The number of para-hydroxylation sites is 1. The normalized spacial score (nSPS) is 8.63. The van der Waals surface area contributed by atoms with Gasteiger partial charge < -0.3 is 16.5 Å². The molecule has 0 saturated carbocycles. The zero-order chi connectivity index (χ0) is 13.9. The van der Waals surface area contributed by atoms with Crippen molar-refractivity contribution in [1.29, 1.82) is 5.41 Å². The molecular formula is C14H17N5. The Morgan fingerprint density at radius 3 is 2.05 bits per heavy atom. The van der Waals surface area contributed by atoms with Crippen LogP contribution in [0.3, 0.4) is 0 Å². The van der Waals surface area contributed by atoms with Crippen molar-refractivity contribution in [1.82, 2.24) is 9.97 Å². The predicted molar refractivity (Wildman–Crippen MR) is 78.6 cm³/mol. The number of nitrogens with one attached hydrogen (secondary N) is 2. The molecule has 0 radical (unpaired) electrons. The Morgan fingerprint density at radius 2 is 1.53 bits per heavy atom. The average molecular weight is 255 g/mol. The molecule has 3 aromatic rings. The summed E-state index contributed by atoms with van der Waals surface area (Å²) in [5.74, 6) is -0.333. The van der Waals surface area contributed by atoms with Crippen LogP contribution in [-0.2, 0) is 0 Å². The molecule has 0 bridgehead atoms. The quantitative estimate of drug-likeness (QED) is 0.365. The van der Waals surface area contributed by atoms with Gasteiger partial charge in [-0.05, 0) is 24.3 Å². The minimum atomic E-state index is -0.333. The first kappa shape index (κ1) is 14.2. The van der Waals surface area contributed by atoms with Gasteiger partial charge in [0, 0.05) is 24.0 Å². The van der Waals surface area contributed by atoms with Crippen molar-refractivity contribution in [3.8, 4) is 0 Å². The number of nitrogens with two attached hydrogens (primary N) is 2. The number of aromatic nitrogens is 2. The van der Waals surface area contributed by atoms with Crippen molar-refractivity contribution in [2.24, 2.45) is 11.5 Å². The summed E-state index contributed by atoms with van der Waals surface area (Å²) in [7, 11) is 0. The number of aromatic amines is 1. The molecule has 0 unspecified atom stereocenters. The molecule has 5 nitrogen and oxygen atoms in total. The summed E-state index contributed by atoms with van der Waals surface area (Å²) in [5.41, 5.74) is 10.0. The maximum absolute atomic E-state index is 6.06. The Bertz CT molecular complexity index is 503. The number of rotatable bonds is 0. The van der Waals surface area contributed by atoms with Crippen LogP contribution in [0.5, 0.6) is 0 Å². The van der Waals surface area contributed by atoms with Crippen molar-refractivity contribution in [2.75, 3.05) is 0 Å². The van der Waals surface area contributed by atoms with Gasteiger partial charge >= 0.3 is 0 Å². The molecule has 2 aromatic heterocycles. The third-order valence-corrected chi connectivity index (χ3v) is 2.01. The van der Waals surface area contributed by atoms with E-state index in [1.54, 1.807) is 0 Å². The molecule has 6 N–H and O–H groups in total. The second kappa shape index (κ2) is 8.30. The lowest BCUT2D eigenvalue weighted by molar-refractivity contribution is 1.39. The van der Waals surface area contributed by atoms with E-state index in [4.69, 9.17) is 5.41 Å². The molecule has 5 heteroatoms. The third kappa shape index (κ3) is 6.48. The van der Waals surface area contributed by atoms with Gasteiger partial charge in [0.25, 0.3) is 0 Å². The molecule has 1 aromatic carbocycles. The molecule has 0 amide bonds. The third-order valence-electron chi connectivity index (χ3n) is 2.01. The van der Waals surface area contributed by atoms with Gasteiger partial charge in [-0.25, -0.2) is 0 Å². The molecule has 0 spiro atoms. The van der Waals surface area contributed by atoms with Gasteiger partial charge in [-0.2, -0.15) is 0 Å². The first-order chi connectivity index (χ1) is 9.20. The number of pyridine rings is 1. The molecule has 0 aliphatic rings. The second-order valence-corrected chi connectivity index (χ2v) is 3.54. The van der Waals surface area contributed by atoms with Gasteiger partial charge in [0.2, 0.25) is 0 Å². The largest absolute Gasteiger partial charge is 0.370 e. The topological polar surface area (TPSA) is 105 Å². The average Bonchev–Trinajstić information content (AvgIpc) is 2.97. The molecule has 3 rings (SSSR count). The molecule has 0 atom stereocenters. The van der Waals surface area contributed by atoms with Gasteiger partial charge in [0.1, 0.15) is 0 Å². The summed E-state index contributed by atoms with van der Waals surface area (Å²) < 4.78 is 0. The maximum atomic E-state index is 6.06. The van der Waals surface area contributed by atoms with Crippen LogP contribution in [0, 0.1) is 5.41 Å².